The fourth-order valence-electron chi connectivity index (χ4n) is 2.04. The quantitative estimate of drug-likeness (QED) is 0.762. The van der Waals surface area contributed by atoms with E-state index in [1.165, 1.54) is 17.7 Å². The van der Waals surface area contributed by atoms with Gasteiger partial charge in [0.2, 0.25) is 0 Å². The lowest BCUT2D eigenvalue weighted by Crippen LogP contribution is -2.12. The Hall–Kier alpha value is -2.04. The Kier molecular flexibility index (Phi) is 4.38. The molecule has 0 aliphatic carbocycles. The molecule has 1 N–H and O–H groups in total. The first kappa shape index (κ1) is 13.9. The van der Waals surface area contributed by atoms with Crippen molar-refractivity contribution in [1.82, 2.24) is 10.3 Å². The van der Waals surface area contributed by atoms with E-state index in [4.69, 9.17) is 0 Å². The smallest absolute Gasteiger partial charge is 0.123 e. The second kappa shape index (κ2) is 6.61. The molecule has 1 aromatic heterocycles. The van der Waals surface area contributed by atoms with Crippen molar-refractivity contribution >= 4 is 11.3 Å². The summed E-state index contributed by atoms with van der Waals surface area (Å²) in [5.74, 6) is -0.222. The lowest BCUT2D eigenvalue weighted by molar-refractivity contribution is 0.628. The summed E-state index contributed by atoms with van der Waals surface area (Å²) in [5.41, 5.74) is 3.22. The standard InChI is InChI=1S/C17H15FN2S/c18-15-8-6-14(7-9-15)17-20-16(12-21-17)11-19-10-13-4-2-1-3-5-13/h1-9,12,19H,10-11H2. The van der Waals surface area contributed by atoms with Gasteiger partial charge in [0.25, 0.3) is 0 Å². The third-order valence-corrected chi connectivity index (χ3v) is 4.06. The summed E-state index contributed by atoms with van der Waals surface area (Å²) in [4.78, 5) is 4.57. The number of rotatable bonds is 5. The highest BCUT2D eigenvalue weighted by molar-refractivity contribution is 7.13. The third-order valence-electron chi connectivity index (χ3n) is 3.12. The van der Waals surface area contributed by atoms with Crippen molar-refractivity contribution in [3.63, 3.8) is 0 Å². The molecule has 2 aromatic carbocycles. The number of thiazole rings is 1. The molecular formula is C17H15FN2S. The van der Waals surface area contributed by atoms with E-state index in [1.807, 2.05) is 23.6 Å². The van der Waals surface area contributed by atoms with Crippen molar-refractivity contribution in [2.24, 2.45) is 0 Å². The highest BCUT2D eigenvalue weighted by atomic mass is 32.1. The largest absolute Gasteiger partial charge is 0.307 e. The van der Waals surface area contributed by atoms with Crippen molar-refractivity contribution < 1.29 is 4.39 Å². The van der Waals surface area contributed by atoms with Crippen LogP contribution in [0.15, 0.2) is 60.0 Å². The van der Waals surface area contributed by atoms with Gasteiger partial charge in [-0.25, -0.2) is 9.37 Å². The fourth-order valence-corrected chi connectivity index (χ4v) is 2.87. The molecule has 2 nitrogen and oxygen atoms in total. The summed E-state index contributed by atoms with van der Waals surface area (Å²) in [5, 5.41) is 6.34. The van der Waals surface area contributed by atoms with Crippen molar-refractivity contribution in [3.05, 3.63) is 77.1 Å². The number of benzene rings is 2. The Balaban J connectivity index is 1.59. The molecule has 0 aliphatic heterocycles. The molecular weight excluding hydrogens is 283 g/mol. The first-order chi connectivity index (χ1) is 10.3. The molecule has 1 heterocycles. The normalized spacial score (nSPS) is 10.7. The molecule has 0 radical (unpaired) electrons. The molecule has 0 atom stereocenters. The second-order valence-corrected chi connectivity index (χ2v) is 5.60. The Morgan fingerprint density at radius 1 is 0.952 bits per heavy atom. The van der Waals surface area contributed by atoms with Crippen molar-refractivity contribution in [3.8, 4) is 10.6 Å². The number of hydrogen-bond donors (Lipinski definition) is 1. The molecule has 21 heavy (non-hydrogen) atoms. The Bertz CT molecular complexity index is 692. The molecule has 0 aliphatic rings. The van der Waals surface area contributed by atoms with Crippen LogP contribution in [-0.4, -0.2) is 4.98 Å². The summed E-state index contributed by atoms with van der Waals surface area (Å²) in [6, 6.07) is 16.7. The van der Waals surface area contributed by atoms with Gasteiger partial charge in [0.1, 0.15) is 10.8 Å². The molecule has 3 rings (SSSR count). The maximum Gasteiger partial charge on any atom is 0.123 e. The zero-order valence-electron chi connectivity index (χ0n) is 11.4. The fraction of sp³-hybridized carbons (Fsp3) is 0.118. The van der Waals surface area contributed by atoms with Crippen molar-refractivity contribution in [1.29, 1.82) is 0 Å². The lowest BCUT2D eigenvalue weighted by atomic mass is 10.2. The Labute approximate surface area is 127 Å². The van der Waals surface area contributed by atoms with E-state index < -0.39 is 0 Å². The molecule has 0 amide bonds. The summed E-state index contributed by atoms with van der Waals surface area (Å²) in [7, 11) is 0. The molecule has 106 valence electrons. The third kappa shape index (κ3) is 3.74. The van der Waals surface area contributed by atoms with Crippen LogP contribution >= 0.6 is 11.3 Å². The van der Waals surface area contributed by atoms with Crippen LogP contribution in [0.3, 0.4) is 0 Å². The van der Waals surface area contributed by atoms with Crippen LogP contribution < -0.4 is 5.32 Å². The average Bonchev–Trinajstić information content (AvgIpc) is 2.98. The summed E-state index contributed by atoms with van der Waals surface area (Å²) in [6.45, 7) is 1.55. The molecule has 0 fully saturated rings. The van der Waals surface area contributed by atoms with E-state index in [2.05, 4.69) is 22.4 Å². The lowest BCUT2D eigenvalue weighted by Gasteiger charge is -2.02. The Morgan fingerprint density at radius 3 is 2.48 bits per heavy atom. The number of nitrogens with one attached hydrogen (secondary N) is 1. The number of halogens is 1. The van der Waals surface area contributed by atoms with E-state index in [0.717, 1.165) is 29.4 Å². The van der Waals surface area contributed by atoms with E-state index >= 15 is 0 Å². The summed E-state index contributed by atoms with van der Waals surface area (Å²) >= 11 is 1.58. The highest BCUT2D eigenvalue weighted by Gasteiger charge is 2.04. The predicted molar refractivity (Wildman–Crippen MR) is 84.5 cm³/mol. The van der Waals surface area contributed by atoms with Crippen molar-refractivity contribution in [2.45, 2.75) is 13.1 Å². The minimum Gasteiger partial charge on any atom is -0.307 e. The van der Waals surface area contributed by atoms with E-state index in [1.54, 1.807) is 23.5 Å². The van der Waals surface area contributed by atoms with Crippen LogP contribution in [0, 0.1) is 5.82 Å². The van der Waals surface area contributed by atoms with Crippen LogP contribution in [0.25, 0.3) is 10.6 Å². The van der Waals surface area contributed by atoms with Crippen LogP contribution in [0.5, 0.6) is 0 Å². The van der Waals surface area contributed by atoms with E-state index in [-0.39, 0.29) is 5.82 Å². The van der Waals surface area contributed by atoms with E-state index in [9.17, 15) is 4.39 Å². The molecule has 0 spiro atoms. The van der Waals surface area contributed by atoms with Crippen LogP contribution in [0.4, 0.5) is 4.39 Å². The van der Waals surface area contributed by atoms with E-state index in [0.29, 0.717) is 0 Å². The first-order valence-electron chi connectivity index (χ1n) is 6.76. The average molecular weight is 298 g/mol. The summed E-state index contributed by atoms with van der Waals surface area (Å²) in [6.07, 6.45) is 0. The van der Waals surface area contributed by atoms with Gasteiger partial charge in [-0.3, -0.25) is 0 Å². The SMILES string of the molecule is Fc1ccc(-c2nc(CNCc3ccccc3)cs2)cc1. The monoisotopic (exact) mass is 298 g/mol. The van der Waals surface area contributed by atoms with Crippen LogP contribution in [0.1, 0.15) is 11.3 Å². The zero-order chi connectivity index (χ0) is 14.5. The highest BCUT2D eigenvalue weighted by Crippen LogP contribution is 2.23. The number of hydrogen-bond acceptors (Lipinski definition) is 3. The zero-order valence-corrected chi connectivity index (χ0v) is 12.2. The van der Waals surface area contributed by atoms with Gasteiger partial charge in [-0.1, -0.05) is 30.3 Å². The van der Waals surface area contributed by atoms with Crippen LogP contribution in [0.2, 0.25) is 0 Å². The Morgan fingerprint density at radius 2 is 1.71 bits per heavy atom. The minimum absolute atomic E-state index is 0.222. The molecule has 0 saturated heterocycles. The van der Waals surface area contributed by atoms with Gasteiger partial charge in [0.05, 0.1) is 5.69 Å². The number of nitrogens with zero attached hydrogens (tertiary/aromatic N) is 1. The predicted octanol–water partition coefficient (Wildman–Crippen LogP) is 4.24. The van der Waals surface area contributed by atoms with Gasteiger partial charge in [0.15, 0.2) is 0 Å². The minimum atomic E-state index is -0.222. The maximum absolute atomic E-state index is 12.9. The van der Waals surface area contributed by atoms with Gasteiger partial charge < -0.3 is 5.32 Å². The summed E-state index contributed by atoms with van der Waals surface area (Å²) < 4.78 is 12.9. The van der Waals surface area contributed by atoms with Crippen LogP contribution in [-0.2, 0) is 13.1 Å². The molecule has 0 saturated carbocycles. The van der Waals surface area contributed by atoms with Crippen molar-refractivity contribution in [2.75, 3.05) is 0 Å². The van der Waals surface area contributed by atoms with Gasteiger partial charge in [-0.15, -0.1) is 11.3 Å². The molecule has 0 unspecified atom stereocenters. The molecule has 3 aromatic rings. The van der Waals surface area contributed by atoms with Gasteiger partial charge >= 0.3 is 0 Å². The topological polar surface area (TPSA) is 24.9 Å². The first-order valence-corrected chi connectivity index (χ1v) is 7.64. The van der Waals surface area contributed by atoms with Gasteiger partial charge in [-0.05, 0) is 29.8 Å². The molecule has 4 heteroatoms. The molecule has 0 bridgehead atoms. The maximum atomic E-state index is 12.9. The second-order valence-electron chi connectivity index (χ2n) is 4.74. The number of aromatic nitrogens is 1. The van der Waals surface area contributed by atoms with Gasteiger partial charge in [-0.2, -0.15) is 0 Å². The van der Waals surface area contributed by atoms with Gasteiger partial charge in [0, 0.05) is 24.0 Å².